The van der Waals surface area contributed by atoms with Crippen molar-refractivity contribution in [3.05, 3.63) is 0 Å². The van der Waals surface area contributed by atoms with E-state index in [2.05, 4.69) is 12.6 Å². The molecule has 0 aliphatic heterocycles. The van der Waals surface area contributed by atoms with Crippen LogP contribution in [0, 0.1) is 0 Å². The van der Waals surface area contributed by atoms with E-state index in [0.29, 0.717) is 6.92 Å². The number of hydrogen-bond acceptors (Lipinski definition) is 8. The van der Waals surface area contributed by atoms with Gasteiger partial charge in [0.05, 0.1) is 10.8 Å². The molecule has 0 aromatic heterocycles. The molecule has 1 fully saturated rings. The van der Waals surface area contributed by atoms with Crippen molar-refractivity contribution in [3.63, 3.8) is 0 Å². The lowest BCUT2D eigenvalue weighted by molar-refractivity contribution is -0.452. The van der Waals surface area contributed by atoms with E-state index in [-0.39, 0.29) is 0 Å². The summed E-state index contributed by atoms with van der Waals surface area (Å²) in [7, 11) is 5.25. The summed E-state index contributed by atoms with van der Waals surface area (Å²) in [4.78, 5) is 0. The molecule has 1 aliphatic carbocycles. The van der Waals surface area contributed by atoms with Crippen LogP contribution in [0.2, 0.25) is 0 Å². The summed E-state index contributed by atoms with van der Waals surface area (Å²) in [6.45, 7) is 1.37. The van der Waals surface area contributed by atoms with E-state index in [1.54, 1.807) is 0 Å². The molecule has 1 rings (SSSR count). The van der Waals surface area contributed by atoms with E-state index < -0.39 is 33.5 Å². The van der Waals surface area contributed by atoms with Gasteiger partial charge in [0.25, 0.3) is 0 Å². The van der Waals surface area contributed by atoms with E-state index >= 15 is 0 Å². The summed E-state index contributed by atoms with van der Waals surface area (Å²) >= 11 is 3.61. The van der Waals surface area contributed by atoms with Crippen molar-refractivity contribution >= 4 is 20.5 Å². The van der Waals surface area contributed by atoms with Gasteiger partial charge in [0, 0.05) is 0 Å². The summed E-state index contributed by atoms with van der Waals surface area (Å²) < 4.78 is 0. The van der Waals surface area contributed by atoms with Crippen LogP contribution < -0.4 is 0 Å². The first-order valence-corrected chi connectivity index (χ1v) is 5.21. The summed E-state index contributed by atoms with van der Waals surface area (Å²) in [5.74, 6) is -6.75. The van der Waals surface area contributed by atoms with Gasteiger partial charge < -0.3 is 35.7 Å². The smallest absolute Gasteiger partial charge is 0.229 e. The molecule has 7 nitrogen and oxygen atoms in total. The quantitative estimate of drug-likeness (QED) is 0.127. The minimum absolute atomic E-state index is 0.653. The van der Waals surface area contributed by atoms with E-state index in [4.69, 9.17) is 7.85 Å². The Labute approximate surface area is 104 Å². The predicted octanol–water partition coefficient (Wildman–Crippen LogP) is -3.98. The molecule has 0 aromatic carbocycles. The van der Waals surface area contributed by atoms with Crippen molar-refractivity contribution in [1.29, 1.82) is 0 Å². The van der Waals surface area contributed by atoms with Gasteiger partial charge in [0.1, 0.15) is 13.4 Å². The lowest BCUT2D eigenvalue weighted by Crippen LogP contribution is -2.89. The van der Waals surface area contributed by atoms with Crippen molar-refractivity contribution in [3.8, 4) is 0 Å². The monoisotopic (exact) mass is 266 g/mol. The Balaban J connectivity index is 3.56. The standard InChI is InChI=1S/C8H15BO7S/c1-4(10)6(9,12)3(17)7(13,14)5(2,11)8(4,15)16/h3,10-17H,1-2H3. The van der Waals surface area contributed by atoms with Crippen molar-refractivity contribution in [2.24, 2.45) is 0 Å². The topological polar surface area (TPSA) is 142 Å². The maximum Gasteiger partial charge on any atom is 0.229 e. The zero-order valence-electron chi connectivity index (χ0n) is 9.23. The third-order valence-electron chi connectivity index (χ3n) is 3.65. The van der Waals surface area contributed by atoms with Crippen LogP contribution in [0.5, 0.6) is 0 Å². The Morgan fingerprint density at radius 2 is 1.24 bits per heavy atom. The van der Waals surface area contributed by atoms with Crippen LogP contribution in [0.25, 0.3) is 0 Å². The van der Waals surface area contributed by atoms with Gasteiger partial charge in [-0.2, -0.15) is 12.6 Å². The molecule has 9 heteroatoms. The van der Waals surface area contributed by atoms with Crippen molar-refractivity contribution < 1.29 is 35.7 Å². The molecule has 0 aromatic rings. The Hall–Kier alpha value is 0.135. The number of hydrogen-bond donors (Lipinski definition) is 8. The lowest BCUT2D eigenvalue weighted by atomic mass is 9.52. The fraction of sp³-hybridized carbons (Fsp3) is 1.00. The summed E-state index contributed by atoms with van der Waals surface area (Å²) in [5, 5.41) is 66.1. The first-order valence-electron chi connectivity index (χ1n) is 4.69. The van der Waals surface area contributed by atoms with Crippen LogP contribution in [0.3, 0.4) is 0 Å². The molecule has 98 valence electrons. The fourth-order valence-electron chi connectivity index (χ4n) is 1.85. The zero-order valence-corrected chi connectivity index (χ0v) is 10.1. The first-order chi connectivity index (χ1) is 7.15. The number of thiol groups is 1. The summed E-state index contributed by atoms with van der Waals surface area (Å²) in [6.07, 6.45) is 0. The van der Waals surface area contributed by atoms with Gasteiger partial charge in [-0.3, -0.25) is 0 Å². The van der Waals surface area contributed by atoms with Gasteiger partial charge in [-0.1, -0.05) is 0 Å². The van der Waals surface area contributed by atoms with Gasteiger partial charge in [0.2, 0.25) is 11.6 Å². The van der Waals surface area contributed by atoms with E-state index in [1.165, 1.54) is 0 Å². The molecule has 1 aliphatic rings. The molecular weight excluding hydrogens is 251 g/mol. The second-order valence-corrected chi connectivity index (χ2v) is 5.29. The highest BCUT2D eigenvalue weighted by Crippen LogP contribution is 2.52. The molecule has 0 heterocycles. The average molecular weight is 266 g/mol. The zero-order chi connectivity index (χ0) is 14.1. The van der Waals surface area contributed by atoms with Gasteiger partial charge in [0.15, 0.2) is 5.60 Å². The molecule has 7 N–H and O–H groups in total. The van der Waals surface area contributed by atoms with Crippen LogP contribution in [0.1, 0.15) is 13.8 Å². The molecule has 4 unspecified atom stereocenters. The molecule has 4 atom stereocenters. The van der Waals surface area contributed by atoms with Crippen LogP contribution in [-0.4, -0.2) is 77.1 Å². The van der Waals surface area contributed by atoms with Crippen molar-refractivity contribution in [2.75, 3.05) is 0 Å². The minimum atomic E-state index is -3.49. The molecular formula is C8H15BO7S. The largest absolute Gasteiger partial charge is 0.395 e. The highest BCUT2D eigenvalue weighted by atomic mass is 32.1. The van der Waals surface area contributed by atoms with Gasteiger partial charge in [-0.15, -0.1) is 0 Å². The average Bonchev–Trinajstić information content (AvgIpc) is 2.13. The van der Waals surface area contributed by atoms with E-state index in [1.807, 2.05) is 0 Å². The molecule has 0 amide bonds. The highest BCUT2D eigenvalue weighted by molar-refractivity contribution is 7.81. The van der Waals surface area contributed by atoms with Crippen LogP contribution in [-0.2, 0) is 0 Å². The second kappa shape index (κ2) is 3.37. The fourth-order valence-corrected chi connectivity index (χ4v) is 2.35. The van der Waals surface area contributed by atoms with Crippen molar-refractivity contribution in [2.45, 2.75) is 47.4 Å². The molecule has 0 bridgehead atoms. The normalized spacial score (nSPS) is 53.4. The Morgan fingerprint density at radius 3 is 1.59 bits per heavy atom. The van der Waals surface area contributed by atoms with Crippen molar-refractivity contribution in [1.82, 2.24) is 0 Å². The molecule has 1 saturated carbocycles. The molecule has 2 radical (unpaired) electrons. The molecule has 0 spiro atoms. The van der Waals surface area contributed by atoms with Crippen LogP contribution >= 0.6 is 12.6 Å². The van der Waals surface area contributed by atoms with Gasteiger partial charge >= 0.3 is 0 Å². The Kier molecular flexibility index (Phi) is 3.01. The molecule has 0 saturated heterocycles. The van der Waals surface area contributed by atoms with Crippen LogP contribution in [0.15, 0.2) is 0 Å². The third kappa shape index (κ3) is 1.39. The van der Waals surface area contributed by atoms with E-state index in [0.717, 1.165) is 6.92 Å². The maximum atomic E-state index is 9.86. The highest BCUT2D eigenvalue weighted by Gasteiger charge is 2.78. The SMILES string of the molecule is [B]C1(O)C(S)C(O)(O)C(C)(O)C(O)(O)C1(C)O. The van der Waals surface area contributed by atoms with Crippen LogP contribution in [0.4, 0.5) is 0 Å². The minimum Gasteiger partial charge on any atom is -0.395 e. The van der Waals surface area contributed by atoms with Gasteiger partial charge in [-0.25, -0.2) is 0 Å². The number of rotatable bonds is 0. The number of aliphatic hydroxyl groups is 7. The maximum absolute atomic E-state index is 9.86. The Morgan fingerprint density at radius 1 is 0.882 bits per heavy atom. The summed E-state index contributed by atoms with van der Waals surface area (Å²) in [5.41, 5.74) is -8.77. The second-order valence-electron chi connectivity index (χ2n) is 4.77. The summed E-state index contributed by atoms with van der Waals surface area (Å²) in [6, 6.07) is 0. The predicted molar refractivity (Wildman–Crippen MR) is 59.1 cm³/mol. The van der Waals surface area contributed by atoms with E-state index in [9.17, 15) is 35.7 Å². The Bertz CT molecular complexity index is 309. The molecule has 17 heavy (non-hydrogen) atoms. The van der Waals surface area contributed by atoms with Gasteiger partial charge in [-0.05, 0) is 13.8 Å². The first kappa shape index (κ1) is 15.2. The lowest BCUT2D eigenvalue weighted by Gasteiger charge is -2.63. The third-order valence-corrected chi connectivity index (χ3v) is 4.41.